The minimum atomic E-state index is -0.0164. The van der Waals surface area contributed by atoms with Gasteiger partial charge in [0.25, 0.3) is 0 Å². The Morgan fingerprint density at radius 3 is 1.46 bits per heavy atom. The summed E-state index contributed by atoms with van der Waals surface area (Å²) in [4.78, 5) is 5.10. The fraction of sp³-hybridized carbons (Fsp3) is 1.00. The number of hydrogen-bond acceptors (Lipinski definition) is 4. The standard InChI is InChI=1S/C22H50N4/c1-7-25(8-2)20(5)14-17-22(24,16-12-11-13-19-23)18-15-21(6)26(9-3)10-4/h20-21H,7-19,23-24H2,1-6H3. The molecule has 0 saturated heterocycles. The summed E-state index contributed by atoms with van der Waals surface area (Å²) >= 11 is 0. The van der Waals surface area contributed by atoms with E-state index in [1.165, 1.54) is 25.7 Å². The Labute approximate surface area is 165 Å². The van der Waals surface area contributed by atoms with E-state index in [9.17, 15) is 0 Å². The summed E-state index contributed by atoms with van der Waals surface area (Å²) < 4.78 is 0. The zero-order valence-corrected chi connectivity index (χ0v) is 18.9. The highest BCUT2D eigenvalue weighted by atomic mass is 15.1. The Morgan fingerprint density at radius 2 is 1.12 bits per heavy atom. The van der Waals surface area contributed by atoms with Gasteiger partial charge in [-0.15, -0.1) is 0 Å². The van der Waals surface area contributed by atoms with Gasteiger partial charge in [0.05, 0.1) is 0 Å². The van der Waals surface area contributed by atoms with E-state index in [1.54, 1.807) is 0 Å². The normalized spacial score (nSPS) is 16.8. The summed E-state index contributed by atoms with van der Waals surface area (Å²) in [6, 6.07) is 1.24. The maximum atomic E-state index is 6.97. The van der Waals surface area contributed by atoms with E-state index in [-0.39, 0.29) is 5.54 Å². The molecular formula is C22H50N4. The summed E-state index contributed by atoms with van der Waals surface area (Å²) in [6.45, 7) is 19.1. The average Bonchev–Trinajstić information content (AvgIpc) is 2.64. The number of nitrogens with two attached hydrogens (primary N) is 2. The molecule has 0 bridgehead atoms. The van der Waals surface area contributed by atoms with E-state index in [0.29, 0.717) is 12.1 Å². The van der Waals surface area contributed by atoms with Gasteiger partial charge in [-0.3, -0.25) is 0 Å². The van der Waals surface area contributed by atoms with Crippen LogP contribution < -0.4 is 11.5 Å². The maximum absolute atomic E-state index is 6.97. The molecule has 0 aliphatic rings. The molecule has 0 spiro atoms. The molecule has 158 valence electrons. The topological polar surface area (TPSA) is 58.5 Å². The van der Waals surface area contributed by atoms with Crippen molar-refractivity contribution in [3.05, 3.63) is 0 Å². The van der Waals surface area contributed by atoms with E-state index >= 15 is 0 Å². The molecule has 0 aliphatic heterocycles. The Kier molecular flexibility index (Phi) is 14.8. The molecule has 0 heterocycles. The van der Waals surface area contributed by atoms with E-state index in [4.69, 9.17) is 11.5 Å². The maximum Gasteiger partial charge on any atom is 0.0155 e. The van der Waals surface area contributed by atoms with Crippen LogP contribution in [0.1, 0.15) is 92.9 Å². The lowest BCUT2D eigenvalue weighted by Crippen LogP contribution is -2.44. The molecule has 26 heavy (non-hydrogen) atoms. The lowest BCUT2D eigenvalue weighted by atomic mass is 9.82. The summed E-state index contributed by atoms with van der Waals surface area (Å²) in [6.07, 6.45) is 9.38. The van der Waals surface area contributed by atoms with Crippen molar-refractivity contribution in [2.24, 2.45) is 11.5 Å². The monoisotopic (exact) mass is 370 g/mol. The molecule has 0 saturated carbocycles. The molecule has 4 heteroatoms. The summed E-state index contributed by atoms with van der Waals surface area (Å²) in [7, 11) is 0. The van der Waals surface area contributed by atoms with Crippen molar-refractivity contribution in [3.8, 4) is 0 Å². The predicted octanol–water partition coefficient (Wildman–Crippen LogP) is 4.22. The van der Waals surface area contributed by atoms with Crippen LogP contribution in [0.5, 0.6) is 0 Å². The van der Waals surface area contributed by atoms with Crippen molar-refractivity contribution in [2.75, 3.05) is 32.7 Å². The Morgan fingerprint density at radius 1 is 0.692 bits per heavy atom. The van der Waals surface area contributed by atoms with Gasteiger partial charge in [0.1, 0.15) is 0 Å². The minimum Gasteiger partial charge on any atom is -0.330 e. The molecule has 0 aromatic carbocycles. The highest BCUT2D eigenvalue weighted by molar-refractivity contribution is 4.87. The fourth-order valence-corrected chi connectivity index (χ4v) is 4.22. The first-order valence-electron chi connectivity index (χ1n) is 11.3. The van der Waals surface area contributed by atoms with Gasteiger partial charge in [-0.05, 0) is 85.1 Å². The Hall–Kier alpha value is -0.160. The third-order valence-corrected chi connectivity index (χ3v) is 6.37. The molecule has 0 aromatic rings. The van der Waals surface area contributed by atoms with Crippen LogP contribution in [0, 0.1) is 0 Å². The molecule has 0 rings (SSSR count). The van der Waals surface area contributed by atoms with Crippen molar-refractivity contribution < 1.29 is 0 Å². The van der Waals surface area contributed by atoms with Crippen LogP contribution in [0.2, 0.25) is 0 Å². The molecular weight excluding hydrogens is 320 g/mol. The van der Waals surface area contributed by atoms with E-state index in [1.807, 2.05) is 0 Å². The number of nitrogens with zero attached hydrogens (tertiary/aromatic N) is 2. The largest absolute Gasteiger partial charge is 0.330 e. The first-order valence-corrected chi connectivity index (χ1v) is 11.3. The minimum absolute atomic E-state index is 0.0164. The number of rotatable bonds is 17. The highest BCUT2D eigenvalue weighted by Crippen LogP contribution is 2.27. The Bertz CT molecular complexity index is 291. The van der Waals surface area contributed by atoms with Gasteiger partial charge >= 0.3 is 0 Å². The third kappa shape index (κ3) is 10.2. The fourth-order valence-electron chi connectivity index (χ4n) is 4.22. The van der Waals surface area contributed by atoms with Crippen LogP contribution in [-0.4, -0.2) is 60.1 Å². The first-order chi connectivity index (χ1) is 12.4. The summed E-state index contributed by atoms with van der Waals surface area (Å²) in [5.74, 6) is 0. The predicted molar refractivity (Wildman–Crippen MR) is 118 cm³/mol. The molecule has 0 aromatic heterocycles. The molecule has 4 nitrogen and oxygen atoms in total. The van der Waals surface area contributed by atoms with Crippen LogP contribution in [0.15, 0.2) is 0 Å². The van der Waals surface area contributed by atoms with Crippen LogP contribution in [0.4, 0.5) is 0 Å². The number of unbranched alkanes of at least 4 members (excludes halogenated alkanes) is 2. The van der Waals surface area contributed by atoms with Crippen molar-refractivity contribution in [3.63, 3.8) is 0 Å². The van der Waals surface area contributed by atoms with Gasteiger partial charge in [0.2, 0.25) is 0 Å². The zero-order valence-electron chi connectivity index (χ0n) is 18.9. The van der Waals surface area contributed by atoms with Gasteiger partial charge in [-0.25, -0.2) is 0 Å². The molecule has 0 radical (unpaired) electrons. The molecule has 0 amide bonds. The lowest BCUT2D eigenvalue weighted by Gasteiger charge is -2.36. The van der Waals surface area contributed by atoms with Gasteiger partial charge in [0, 0.05) is 17.6 Å². The van der Waals surface area contributed by atoms with E-state index < -0.39 is 0 Å². The highest BCUT2D eigenvalue weighted by Gasteiger charge is 2.27. The second-order valence-electron chi connectivity index (χ2n) is 8.18. The van der Waals surface area contributed by atoms with Crippen LogP contribution in [-0.2, 0) is 0 Å². The lowest BCUT2D eigenvalue weighted by molar-refractivity contribution is 0.178. The van der Waals surface area contributed by atoms with E-state index in [0.717, 1.165) is 58.4 Å². The second-order valence-corrected chi connectivity index (χ2v) is 8.18. The average molecular weight is 371 g/mol. The molecule has 0 aliphatic carbocycles. The Balaban J connectivity index is 4.72. The van der Waals surface area contributed by atoms with E-state index in [2.05, 4.69) is 51.3 Å². The molecule has 2 atom stereocenters. The van der Waals surface area contributed by atoms with Crippen molar-refractivity contribution >= 4 is 0 Å². The van der Waals surface area contributed by atoms with Crippen LogP contribution >= 0.6 is 0 Å². The molecule has 0 fully saturated rings. The second kappa shape index (κ2) is 14.8. The number of hydrogen-bond donors (Lipinski definition) is 2. The van der Waals surface area contributed by atoms with Gasteiger partial charge < -0.3 is 21.3 Å². The van der Waals surface area contributed by atoms with Gasteiger partial charge in [-0.1, -0.05) is 40.5 Å². The molecule has 2 unspecified atom stereocenters. The van der Waals surface area contributed by atoms with Crippen LogP contribution in [0.25, 0.3) is 0 Å². The van der Waals surface area contributed by atoms with Gasteiger partial charge in [-0.2, -0.15) is 0 Å². The van der Waals surface area contributed by atoms with Crippen molar-refractivity contribution in [1.29, 1.82) is 0 Å². The van der Waals surface area contributed by atoms with Crippen LogP contribution in [0.3, 0.4) is 0 Å². The SMILES string of the molecule is CCN(CC)C(C)CCC(N)(CCCCCN)CCC(C)N(CC)CC. The zero-order chi connectivity index (χ0) is 20.0. The third-order valence-electron chi connectivity index (χ3n) is 6.37. The molecule has 4 N–H and O–H groups in total. The first kappa shape index (κ1) is 25.8. The van der Waals surface area contributed by atoms with Crippen molar-refractivity contribution in [1.82, 2.24) is 9.80 Å². The summed E-state index contributed by atoms with van der Waals surface area (Å²) in [5, 5.41) is 0. The van der Waals surface area contributed by atoms with Crippen molar-refractivity contribution in [2.45, 2.75) is 111 Å². The van der Waals surface area contributed by atoms with Gasteiger partial charge in [0.15, 0.2) is 0 Å². The summed E-state index contributed by atoms with van der Waals surface area (Å²) in [5.41, 5.74) is 12.6. The smallest absolute Gasteiger partial charge is 0.0155 e. The quantitative estimate of drug-likeness (QED) is 0.376.